The highest BCUT2D eigenvalue weighted by Crippen LogP contribution is 2.20. The molecule has 0 heteroatoms. The summed E-state index contributed by atoms with van der Waals surface area (Å²) in [4.78, 5) is 0. The lowest BCUT2D eigenvalue weighted by atomic mass is 10.00. The van der Waals surface area contributed by atoms with Crippen LogP contribution < -0.4 is 0 Å². The van der Waals surface area contributed by atoms with Crippen molar-refractivity contribution < 1.29 is 0 Å². The largest absolute Gasteiger partial charge is 0.0622 e. The van der Waals surface area contributed by atoms with Gasteiger partial charge in [0.2, 0.25) is 0 Å². The van der Waals surface area contributed by atoms with Gasteiger partial charge in [0.15, 0.2) is 0 Å². The zero-order valence-corrected chi connectivity index (χ0v) is 9.77. The first-order chi connectivity index (χ1) is 7.77. The molecule has 0 bridgehead atoms. The van der Waals surface area contributed by atoms with Crippen molar-refractivity contribution in [3.05, 3.63) is 71.3 Å². The van der Waals surface area contributed by atoms with Crippen LogP contribution in [0.2, 0.25) is 0 Å². The fourth-order valence-electron chi connectivity index (χ4n) is 1.89. The zero-order valence-electron chi connectivity index (χ0n) is 9.77. The predicted molar refractivity (Wildman–Crippen MR) is 71.2 cm³/mol. The van der Waals surface area contributed by atoms with Crippen LogP contribution in [0.5, 0.6) is 0 Å². The van der Waals surface area contributed by atoms with Gasteiger partial charge in [-0.25, -0.2) is 0 Å². The number of rotatable bonds is 2. The van der Waals surface area contributed by atoms with Crippen LogP contribution in [0, 0.1) is 6.92 Å². The highest BCUT2D eigenvalue weighted by molar-refractivity contribution is 5.81. The molecule has 0 nitrogen and oxygen atoms in total. The van der Waals surface area contributed by atoms with E-state index in [4.69, 9.17) is 0 Å². The molecule has 0 amide bonds. The maximum Gasteiger partial charge on any atom is -0.0198 e. The Morgan fingerprint density at radius 2 is 1.50 bits per heavy atom. The molecule has 2 aromatic rings. The fraction of sp³-hybridized carbons (Fsp3) is 0.125. The van der Waals surface area contributed by atoms with Gasteiger partial charge in [-0.2, -0.15) is 0 Å². The SMILES string of the molecule is C/C(=C/c1ccccc1)c1ccccc1C. The van der Waals surface area contributed by atoms with Crippen LogP contribution in [-0.2, 0) is 0 Å². The average molecular weight is 208 g/mol. The minimum Gasteiger partial charge on any atom is -0.0622 e. The molecule has 0 unspecified atom stereocenters. The Kier molecular flexibility index (Phi) is 3.21. The topological polar surface area (TPSA) is 0 Å². The summed E-state index contributed by atoms with van der Waals surface area (Å²) in [6, 6.07) is 18.9. The number of allylic oxidation sites excluding steroid dienone is 1. The Balaban J connectivity index is 2.36. The first-order valence-electron chi connectivity index (χ1n) is 5.57. The normalized spacial score (nSPS) is 11.5. The molecule has 0 aliphatic carbocycles. The summed E-state index contributed by atoms with van der Waals surface area (Å²) in [5, 5.41) is 0. The Morgan fingerprint density at radius 1 is 0.875 bits per heavy atom. The number of hydrogen-bond acceptors (Lipinski definition) is 0. The Hall–Kier alpha value is -1.82. The van der Waals surface area contributed by atoms with E-state index >= 15 is 0 Å². The van der Waals surface area contributed by atoms with Crippen molar-refractivity contribution in [2.24, 2.45) is 0 Å². The number of hydrogen-bond donors (Lipinski definition) is 0. The summed E-state index contributed by atoms with van der Waals surface area (Å²) < 4.78 is 0. The quantitative estimate of drug-likeness (QED) is 0.635. The smallest absolute Gasteiger partial charge is 0.0198 e. The third-order valence-corrected chi connectivity index (χ3v) is 2.75. The Labute approximate surface area is 97.3 Å². The van der Waals surface area contributed by atoms with Crippen LogP contribution in [0.25, 0.3) is 11.6 Å². The van der Waals surface area contributed by atoms with E-state index in [1.54, 1.807) is 0 Å². The van der Waals surface area contributed by atoms with Crippen molar-refractivity contribution in [2.75, 3.05) is 0 Å². The number of benzene rings is 2. The zero-order chi connectivity index (χ0) is 11.4. The summed E-state index contributed by atoms with van der Waals surface area (Å²) in [6.45, 7) is 4.31. The van der Waals surface area contributed by atoms with Gasteiger partial charge in [-0.1, -0.05) is 60.7 Å². The molecule has 0 heterocycles. The van der Waals surface area contributed by atoms with Gasteiger partial charge < -0.3 is 0 Å². The van der Waals surface area contributed by atoms with E-state index in [9.17, 15) is 0 Å². The second kappa shape index (κ2) is 4.80. The summed E-state index contributed by atoms with van der Waals surface area (Å²) in [7, 11) is 0. The molecule has 2 aromatic carbocycles. The van der Waals surface area contributed by atoms with Gasteiger partial charge in [-0.15, -0.1) is 0 Å². The van der Waals surface area contributed by atoms with Crippen LogP contribution in [0.1, 0.15) is 23.6 Å². The second-order valence-electron chi connectivity index (χ2n) is 4.05. The monoisotopic (exact) mass is 208 g/mol. The number of aryl methyl sites for hydroxylation is 1. The van der Waals surface area contributed by atoms with E-state index in [0.717, 1.165) is 0 Å². The van der Waals surface area contributed by atoms with E-state index in [1.807, 2.05) is 6.07 Å². The van der Waals surface area contributed by atoms with Gasteiger partial charge in [0, 0.05) is 0 Å². The van der Waals surface area contributed by atoms with Gasteiger partial charge in [0.1, 0.15) is 0 Å². The average Bonchev–Trinajstić information content (AvgIpc) is 2.31. The predicted octanol–water partition coefficient (Wildman–Crippen LogP) is 4.56. The molecule has 0 aliphatic heterocycles. The Morgan fingerprint density at radius 3 is 2.19 bits per heavy atom. The first-order valence-corrected chi connectivity index (χ1v) is 5.57. The molecule has 0 saturated heterocycles. The molecule has 0 N–H and O–H groups in total. The molecule has 0 atom stereocenters. The second-order valence-corrected chi connectivity index (χ2v) is 4.05. The molecule has 80 valence electrons. The van der Waals surface area contributed by atoms with Gasteiger partial charge >= 0.3 is 0 Å². The molecular weight excluding hydrogens is 192 g/mol. The van der Waals surface area contributed by atoms with Crippen LogP contribution in [0.3, 0.4) is 0 Å². The molecule has 0 fully saturated rings. The van der Waals surface area contributed by atoms with Gasteiger partial charge in [-0.3, -0.25) is 0 Å². The van der Waals surface area contributed by atoms with Crippen molar-refractivity contribution in [3.8, 4) is 0 Å². The molecule has 0 aliphatic rings. The molecular formula is C16H16. The standard InChI is InChI=1S/C16H16/c1-13-8-6-7-11-16(13)14(2)12-15-9-4-3-5-10-15/h3-12H,1-2H3/b14-12-. The van der Waals surface area contributed by atoms with Crippen LogP contribution in [-0.4, -0.2) is 0 Å². The highest BCUT2D eigenvalue weighted by atomic mass is 14.0. The molecule has 0 radical (unpaired) electrons. The third-order valence-electron chi connectivity index (χ3n) is 2.75. The van der Waals surface area contributed by atoms with Gasteiger partial charge in [-0.05, 0) is 36.1 Å². The van der Waals surface area contributed by atoms with E-state index in [1.165, 1.54) is 22.3 Å². The van der Waals surface area contributed by atoms with Crippen molar-refractivity contribution in [3.63, 3.8) is 0 Å². The van der Waals surface area contributed by atoms with Crippen molar-refractivity contribution in [1.82, 2.24) is 0 Å². The summed E-state index contributed by atoms with van der Waals surface area (Å²) in [5.74, 6) is 0. The van der Waals surface area contributed by atoms with Crippen molar-refractivity contribution in [1.29, 1.82) is 0 Å². The fourth-order valence-corrected chi connectivity index (χ4v) is 1.89. The lowest BCUT2D eigenvalue weighted by Crippen LogP contribution is -1.84. The molecule has 2 rings (SSSR count). The van der Waals surface area contributed by atoms with E-state index < -0.39 is 0 Å². The molecule has 16 heavy (non-hydrogen) atoms. The Bertz CT molecular complexity index is 492. The summed E-state index contributed by atoms with van der Waals surface area (Å²) in [6.07, 6.45) is 2.22. The highest BCUT2D eigenvalue weighted by Gasteiger charge is 1.98. The van der Waals surface area contributed by atoms with Gasteiger partial charge in [0.25, 0.3) is 0 Å². The van der Waals surface area contributed by atoms with E-state index in [-0.39, 0.29) is 0 Å². The minimum absolute atomic E-state index is 1.25. The van der Waals surface area contributed by atoms with Crippen LogP contribution in [0.4, 0.5) is 0 Å². The maximum atomic E-state index is 2.22. The minimum atomic E-state index is 1.25. The molecule has 0 aromatic heterocycles. The van der Waals surface area contributed by atoms with E-state index in [0.29, 0.717) is 0 Å². The first kappa shape index (κ1) is 10.7. The summed E-state index contributed by atoms with van der Waals surface area (Å²) in [5.41, 5.74) is 5.21. The van der Waals surface area contributed by atoms with Gasteiger partial charge in [0.05, 0.1) is 0 Å². The van der Waals surface area contributed by atoms with E-state index in [2.05, 4.69) is 68.5 Å². The summed E-state index contributed by atoms with van der Waals surface area (Å²) >= 11 is 0. The molecule has 0 spiro atoms. The lowest BCUT2D eigenvalue weighted by molar-refractivity contribution is 1.41. The molecule has 0 saturated carbocycles. The third kappa shape index (κ3) is 2.40. The maximum absolute atomic E-state index is 2.22. The van der Waals surface area contributed by atoms with Crippen molar-refractivity contribution >= 4 is 11.6 Å². The lowest BCUT2D eigenvalue weighted by Gasteiger charge is -2.05. The van der Waals surface area contributed by atoms with Crippen LogP contribution >= 0.6 is 0 Å². The van der Waals surface area contributed by atoms with Crippen molar-refractivity contribution in [2.45, 2.75) is 13.8 Å². The van der Waals surface area contributed by atoms with Crippen LogP contribution in [0.15, 0.2) is 54.6 Å².